The summed E-state index contributed by atoms with van der Waals surface area (Å²) in [4.78, 5) is 22.9. The van der Waals surface area contributed by atoms with Gasteiger partial charge in [-0.2, -0.15) is 0 Å². The fourth-order valence-electron chi connectivity index (χ4n) is 5.08. The zero-order chi connectivity index (χ0) is 27.5. The molecule has 1 aromatic carbocycles. The molecule has 2 heterocycles. The Morgan fingerprint density at radius 2 is 2.03 bits per heavy atom. The van der Waals surface area contributed by atoms with Gasteiger partial charge in [0, 0.05) is 11.9 Å². The molecule has 8 heteroatoms. The first-order valence-corrected chi connectivity index (χ1v) is 15.2. The van der Waals surface area contributed by atoms with Crippen molar-refractivity contribution >= 4 is 34.3 Å². The van der Waals surface area contributed by atoms with E-state index >= 15 is 0 Å². The van der Waals surface area contributed by atoms with Crippen molar-refractivity contribution < 1.29 is 14.6 Å². The van der Waals surface area contributed by atoms with Crippen molar-refractivity contribution in [3.63, 3.8) is 0 Å². The van der Waals surface area contributed by atoms with E-state index in [0.29, 0.717) is 12.3 Å². The van der Waals surface area contributed by atoms with E-state index in [2.05, 4.69) is 41.1 Å². The van der Waals surface area contributed by atoms with E-state index < -0.39 is 5.97 Å². The number of carboxylic acid groups (broad SMARTS) is 1. The molecule has 210 valence electrons. The van der Waals surface area contributed by atoms with Crippen LogP contribution in [0.25, 0.3) is 5.57 Å². The lowest BCUT2D eigenvalue weighted by Gasteiger charge is -2.26. The molecular formula is C31H42N4O3S. The van der Waals surface area contributed by atoms with Crippen LogP contribution in [0.15, 0.2) is 46.3 Å². The number of piperidine rings is 1. The first kappa shape index (κ1) is 29.0. The number of nitrogen functional groups attached to an aromatic ring is 1. The number of nitrogens with zero attached hydrogens (tertiary/aromatic N) is 3. The van der Waals surface area contributed by atoms with Crippen molar-refractivity contribution in [2.24, 2.45) is 4.99 Å². The number of rotatable bonds is 13. The van der Waals surface area contributed by atoms with E-state index in [0.717, 1.165) is 72.7 Å². The van der Waals surface area contributed by atoms with Gasteiger partial charge in [-0.05, 0) is 119 Å². The number of thiazole rings is 1. The minimum Gasteiger partial charge on any atom is -0.491 e. The largest absolute Gasteiger partial charge is 0.491 e. The number of unbranched alkanes of at least 4 members (excludes halogenated alkanes) is 2. The normalized spacial score (nSPS) is 17.5. The minimum atomic E-state index is -0.988. The standard InChI is InChI=1S/C31H42N4O3S/c1-23-10-8-12-25(30-34-28(22-39-30)31(36)37)21-27(23)33-15-4-2-7-19-38-29-20-24(13-14-26(29)32)11-9-18-35-16-5-3-6-17-35/h10,13-14,20-22H,2-9,11-12,15-19,32H2,1H3,(H,36,37). The third-order valence-corrected chi connectivity index (χ3v) is 8.30. The average Bonchev–Trinajstić information content (AvgIpc) is 3.36. The topological polar surface area (TPSA) is 101 Å². The van der Waals surface area contributed by atoms with Crippen molar-refractivity contribution in [3.8, 4) is 5.75 Å². The molecule has 1 saturated heterocycles. The molecule has 0 amide bonds. The maximum Gasteiger partial charge on any atom is 0.355 e. The number of carbonyl (C=O) groups is 1. The Bertz CT molecular complexity index is 1190. The van der Waals surface area contributed by atoms with Gasteiger partial charge in [0.25, 0.3) is 0 Å². The minimum absolute atomic E-state index is 0.104. The van der Waals surface area contributed by atoms with E-state index in [9.17, 15) is 9.90 Å². The fourth-order valence-corrected chi connectivity index (χ4v) is 5.92. The van der Waals surface area contributed by atoms with Crippen LogP contribution < -0.4 is 10.5 Å². The highest BCUT2D eigenvalue weighted by atomic mass is 32.1. The number of carboxylic acids is 1. The number of nitrogens with two attached hydrogens (primary N) is 1. The van der Waals surface area contributed by atoms with E-state index in [1.807, 2.05) is 6.07 Å². The van der Waals surface area contributed by atoms with Crippen LogP contribution in [0.1, 0.15) is 85.8 Å². The van der Waals surface area contributed by atoms with Gasteiger partial charge in [0.2, 0.25) is 0 Å². The number of allylic oxidation sites excluding steroid dienone is 4. The molecule has 7 nitrogen and oxygen atoms in total. The molecule has 1 fully saturated rings. The zero-order valence-electron chi connectivity index (χ0n) is 23.2. The fraction of sp³-hybridized carbons (Fsp3) is 0.516. The molecule has 39 heavy (non-hydrogen) atoms. The summed E-state index contributed by atoms with van der Waals surface area (Å²) in [5.74, 6) is -0.187. The lowest BCUT2D eigenvalue weighted by Crippen LogP contribution is -2.30. The number of anilines is 1. The first-order chi connectivity index (χ1) is 19.0. The Morgan fingerprint density at radius 3 is 2.82 bits per heavy atom. The van der Waals surface area contributed by atoms with Crippen molar-refractivity contribution in [1.29, 1.82) is 0 Å². The van der Waals surface area contributed by atoms with Crippen LogP contribution in [0, 0.1) is 0 Å². The molecule has 0 atom stereocenters. The van der Waals surface area contributed by atoms with Gasteiger partial charge in [-0.3, -0.25) is 4.99 Å². The molecule has 2 aliphatic rings. The molecule has 0 bridgehead atoms. The van der Waals surface area contributed by atoms with Crippen LogP contribution in [0.3, 0.4) is 0 Å². The summed E-state index contributed by atoms with van der Waals surface area (Å²) in [5.41, 5.74) is 11.5. The number of aryl methyl sites for hydroxylation is 1. The van der Waals surface area contributed by atoms with Gasteiger partial charge in [0.05, 0.1) is 18.0 Å². The lowest BCUT2D eigenvalue weighted by atomic mass is 10.1. The highest BCUT2D eigenvalue weighted by Gasteiger charge is 2.15. The third-order valence-electron chi connectivity index (χ3n) is 7.39. The summed E-state index contributed by atoms with van der Waals surface area (Å²) in [5, 5.41) is 11.6. The Kier molecular flexibility index (Phi) is 11.2. The second-order valence-electron chi connectivity index (χ2n) is 10.5. The molecular weight excluding hydrogens is 508 g/mol. The Balaban J connectivity index is 1.19. The number of aliphatic imine (C=N–C) groups is 1. The van der Waals surface area contributed by atoms with Gasteiger partial charge in [0.15, 0.2) is 5.69 Å². The van der Waals surface area contributed by atoms with Crippen molar-refractivity contribution in [2.45, 2.75) is 71.1 Å². The SMILES string of the molecule is CC1=CCCC(c2nc(C(=O)O)cs2)=CC1=NCCCCCOc1cc(CCCN2CCCCC2)ccc1N. The Labute approximate surface area is 236 Å². The van der Waals surface area contributed by atoms with E-state index in [-0.39, 0.29) is 5.69 Å². The van der Waals surface area contributed by atoms with E-state index in [1.54, 1.807) is 5.38 Å². The van der Waals surface area contributed by atoms with Crippen molar-refractivity contribution in [3.05, 3.63) is 57.6 Å². The number of likely N-dealkylation sites (tertiary alicyclic amines) is 1. The quantitative estimate of drug-likeness (QED) is 0.214. The summed E-state index contributed by atoms with van der Waals surface area (Å²) in [7, 11) is 0. The van der Waals surface area contributed by atoms with E-state index in [4.69, 9.17) is 15.5 Å². The van der Waals surface area contributed by atoms with Gasteiger partial charge in [-0.25, -0.2) is 9.78 Å². The molecule has 3 N–H and O–H groups in total. The number of ether oxygens (including phenoxy) is 1. The molecule has 1 aromatic heterocycles. The van der Waals surface area contributed by atoms with Gasteiger partial charge in [0.1, 0.15) is 10.8 Å². The summed E-state index contributed by atoms with van der Waals surface area (Å²) >= 11 is 1.38. The second-order valence-corrected chi connectivity index (χ2v) is 11.4. The maximum atomic E-state index is 11.2. The highest BCUT2D eigenvalue weighted by Crippen LogP contribution is 2.28. The Hall–Kier alpha value is -2.97. The maximum absolute atomic E-state index is 11.2. The molecule has 0 saturated carbocycles. The lowest BCUT2D eigenvalue weighted by molar-refractivity contribution is 0.0691. The van der Waals surface area contributed by atoms with Crippen LogP contribution in [0.2, 0.25) is 0 Å². The molecule has 1 aliphatic carbocycles. The summed E-state index contributed by atoms with van der Waals surface area (Å²) < 4.78 is 6.05. The average molecular weight is 551 g/mol. The Morgan fingerprint density at radius 1 is 1.18 bits per heavy atom. The second kappa shape index (κ2) is 15.0. The number of benzene rings is 1. The van der Waals surface area contributed by atoms with Crippen LogP contribution in [0.4, 0.5) is 5.69 Å². The number of aromatic nitrogens is 1. The van der Waals surface area contributed by atoms with Crippen molar-refractivity contribution in [1.82, 2.24) is 9.88 Å². The van der Waals surface area contributed by atoms with Crippen molar-refractivity contribution in [2.75, 3.05) is 38.5 Å². The molecule has 0 unspecified atom stereocenters. The summed E-state index contributed by atoms with van der Waals surface area (Å²) in [6.45, 7) is 7.15. The monoisotopic (exact) mass is 550 g/mol. The molecule has 4 rings (SSSR count). The van der Waals surface area contributed by atoms with E-state index in [1.165, 1.54) is 62.2 Å². The predicted molar refractivity (Wildman–Crippen MR) is 161 cm³/mol. The zero-order valence-corrected chi connectivity index (χ0v) is 24.0. The number of hydrogen-bond donors (Lipinski definition) is 2. The van der Waals surface area contributed by atoms with Crippen LogP contribution in [-0.4, -0.2) is 59.5 Å². The highest BCUT2D eigenvalue weighted by molar-refractivity contribution is 7.11. The van der Waals surface area contributed by atoms with Crippen LogP contribution >= 0.6 is 11.3 Å². The third kappa shape index (κ3) is 9.04. The van der Waals surface area contributed by atoms with Gasteiger partial charge >= 0.3 is 5.97 Å². The molecule has 2 aromatic rings. The first-order valence-electron chi connectivity index (χ1n) is 14.3. The summed E-state index contributed by atoms with van der Waals surface area (Å²) in [6, 6.07) is 6.21. The molecule has 0 radical (unpaired) electrons. The molecule has 1 aliphatic heterocycles. The molecule has 0 spiro atoms. The predicted octanol–water partition coefficient (Wildman–Crippen LogP) is 6.66. The van der Waals surface area contributed by atoms with Crippen LogP contribution in [-0.2, 0) is 6.42 Å². The van der Waals surface area contributed by atoms with Crippen LogP contribution in [0.5, 0.6) is 5.75 Å². The number of hydrogen-bond acceptors (Lipinski definition) is 7. The van der Waals surface area contributed by atoms with Gasteiger partial charge in [-0.1, -0.05) is 18.6 Å². The summed E-state index contributed by atoms with van der Waals surface area (Å²) in [6.07, 6.45) is 15.3. The van der Waals surface area contributed by atoms with Gasteiger partial charge < -0.3 is 20.5 Å². The smallest absolute Gasteiger partial charge is 0.355 e. The van der Waals surface area contributed by atoms with Gasteiger partial charge in [-0.15, -0.1) is 11.3 Å². The number of aromatic carboxylic acids is 1.